The van der Waals surface area contributed by atoms with Crippen LogP contribution < -0.4 is 0 Å². The zero-order valence-corrected chi connectivity index (χ0v) is 12.5. The van der Waals surface area contributed by atoms with E-state index in [2.05, 4.69) is 13.8 Å². The van der Waals surface area contributed by atoms with Crippen LogP contribution in [-0.2, 0) is 5.60 Å². The summed E-state index contributed by atoms with van der Waals surface area (Å²) in [6.45, 7) is 5.95. The van der Waals surface area contributed by atoms with Crippen LogP contribution in [0.5, 0.6) is 0 Å². The molecule has 0 amide bonds. The highest BCUT2D eigenvalue weighted by Gasteiger charge is 2.37. The van der Waals surface area contributed by atoms with Gasteiger partial charge in [-0.1, -0.05) is 26.3 Å². The number of hydrogen-bond acceptors (Lipinski definition) is 1. The van der Waals surface area contributed by atoms with Crippen LogP contribution in [0.4, 0.5) is 8.78 Å². The van der Waals surface area contributed by atoms with Crippen LogP contribution >= 0.6 is 0 Å². The lowest BCUT2D eigenvalue weighted by Crippen LogP contribution is -2.28. The summed E-state index contributed by atoms with van der Waals surface area (Å²) in [7, 11) is 0. The van der Waals surface area contributed by atoms with Gasteiger partial charge in [0, 0.05) is 0 Å². The van der Waals surface area contributed by atoms with Crippen molar-refractivity contribution in [2.24, 2.45) is 11.8 Å². The second-order valence-corrected chi connectivity index (χ2v) is 6.52. The summed E-state index contributed by atoms with van der Waals surface area (Å²) in [6, 6.07) is 2.68. The van der Waals surface area contributed by atoms with Crippen molar-refractivity contribution in [3.63, 3.8) is 0 Å². The Hall–Kier alpha value is -0.960. The van der Waals surface area contributed by atoms with E-state index in [9.17, 15) is 13.9 Å². The maximum atomic E-state index is 14.3. The zero-order chi connectivity index (χ0) is 14.9. The molecule has 2 unspecified atom stereocenters. The first-order chi connectivity index (χ1) is 9.35. The first-order valence-electron chi connectivity index (χ1n) is 7.52. The number of rotatable bonds is 2. The van der Waals surface area contributed by atoms with Crippen molar-refractivity contribution < 1.29 is 13.9 Å². The lowest BCUT2D eigenvalue weighted by atomic mass is 9.83. The molecular weight excluding hydrogens is 258 g/mol. The molecule has 1 fully saturated rings. The van der Waals surface area contributed by atoms with E-state index in [1.54, 1.807) is 6.92 Å². The molecule has 1 aromatic carbocycles. The minimum atomic E-state index is -1.36. The standard InChI is InChI=1S/C17H24F2O/c1-11(2)13-5-4-9-17(20,10-8-13)15-14(18)7-6-12(3)16(15)19/h6-7,11,13,20H,4-5,8-10H2,1-3H3. The average molecular weight is 282 g/mol. The van der Waals surface area contributed by atoms with Gasteiger partial charge in [-0.3, -0.25) is 0 Å². The van der Waals surface area contributed by atoms with Crippen molar-refractivity contribution in [3.05, 3.63) is 34.9 Å². The number of hydrogen-bond donors (Lipinski definition) is 1. The van der Waals surface area contributed by atoms with Gasteiger partial charge in [0.15, 0.2) is 0 Å². The van der Waals surface area contributed by atoms with Crippen LogP contribution in [-0.4, -0.2) is 5.11 Å². The van der Waals surface area contributed by atoms with Crippen molar-refractivity contribution in [1.82, 2.24) is 0 Å². The van der Waals surface area contributed by atoms with Crippen molar-refractivity contribution in [2.45, 2.75) is 58.5 Å². The lowest BCUT2D eigenvalue weighted by molar-refractivity contribution is 0.0120. The molecule has 0 spiro atoms. The van der Waals surface area contributed by atoms with Crippen LogP contribution in [0.25, 0.3) is 0 Å². The molecule has 1 saturated carbocycles. The van der Waals surface area contributed by atoms with E-state index in [4.69, 9.17) is 0 Å². The summed E-state index contributed by atoms with van der Waals surface area (Å²) in [5, 5.41) is 10.8. The van der Waals surface area contributed by atoms with Crippen LogP contribution in [0, 0.1) is 30.4 Å². The van der Waals surface area contributed by atoms with Crippen molar-refractivity contribution >= 4 is 0 Å². The van der Waals surface area contributed by atoms with Gasteiger partial charge < -0.3 is 5.11 Å². The van der Waals surface area contributed by atoms with Gasteiger partial charge in [-0.05, 0) is 56.1 Å². The maximum Gasteiger partial charge on any atom is 0.135 e. The molecular formula is C17H24F2O. The maximum absolute atomic E-state index is 14.3. The van der Waals surface area contributed by atoms with Crippen LogP contribution in [0.1, 0.15) is 57.1 Å². The van der Waals surface area contributed by atoms with Crippen molar-refractivity contribution in [2.75, 3.05) is 0 Å². The van der Waals surface area contributed by atoms with Gasteiger partial charge in [-0.15, -0.1) is 0 Å². The van der Waals surface area contributed by atoms with Crippen LogP contribution in [0.2, 0.25) is 0 Å². The highest BCUT2D eigenvalue weighted by atomic mass is 19.1. The summed E-state index contributed by atoms with van der Waals surface area (Å²) in [4.78, 5) is 0. The Kier molecular flexibility index (Phi) is 4.48. The Morgan fingerprint density at radius 1 is 1.20 bits per heavy atom. The highest BCUT2D eigenvalue weighted by molar-refractivity contribution is 5.31. The Balaban J connectivity index is 2.34. The molecule has 2 rings (SSSR count). The van der Waals surface area contributed by atoms with Gasteiger partial charge in [-0.25, -0.2) is 8.78 Å². The molecule has 1 N–H and O–H groups in total. The monoisotopic (exact) mass is 282 g/mol. The molecule has 0 aliphatic heterocycles. The van der Waals surface area contributed by atoms with E-state index in [1.807, 2.05) is 0 Å². The van der Waals surface area contributed by atoms with Gasteiger partial charge >= 0.3 is 0 Å². The van der Waals surface area contributed by atoms with E-state index in [1.165, 1.54) is 12.1 Å². The minimum absolute atomic E-state index is 0.123. The molecule has 0 bridgehead atoms. The predicted octanol–water partition coefficient (Wildman–Crippen LogP) is 4.70. The molecule has 2 atom stereocenters. The quantitative estimate of drug-likeness (QED) is 0.780. The average Bonchev–Trinajstić information content (AvgIpc) is 2.57. The van der Waals surface area contributed by atoms with Crippen LogP contribution in [0.3, 0.4) is 0 Å². The first kappa shape index (κ1) is 15.4. The second kappa shape index (κ2) is 5.80. The smallest absolute Gasteiger partial charge is 0.135 e. The van der Waals surface area contributed by atoms with Gasteiger partial charge in [0.25, 0.3) is 0 Å². The van der Waals surface area contributed by atoms with Crippen molar-refractivity contribution in [1.29, 1.82) is 0 Å². The van der Waals surface area contributed by atoms with E-state index in [-0.39, 0.29) is 5.56 Å². The Bertz CT molecular complexity index is 484. The highest BCUT2D eigenvalue weighted by Crippen LogP contribution is 2.42. The summed E-state index contributed by atoms with van der Waals surface area (Å²) >= 11 is 0. The van der Waals surface area contributed by atoms with Gasteiger partial charge in [0.1, 0.15) is 11.6 Å². The molecule has 1 aliphatic carbocycles. The second-order valence-electron chi connectivity index (χ2n) is 6.52. The largest absolute Gasteiger partial charge is 0.385 e. The first-order valence-corrected chi connectivity index (χ1v) is 7.52. The molecule has 0 radical (unpaired) electrons. The molecule has 0 saturated heterocycles. The molecule has 0 aromatic heterocycles. The van der Waals surface area contributed by atoms with E-state index >= 15 is 0 Å². The van der Waals surface area contributed by atoms with E-state index < -0.39 is 17.2 Å². The van der Waals surface area contributed by atoms with Gasteiger partial charge in [0.2, 0.25) is 0 Å². The fourth-order valence-electron chi connectivity index (χ4n) is 3.35. The lowest BCUT2D eigenvalue weighted by Gasteiger charge is -2.29. The molecule has 0 heterocycles. The topological polar surface area (TPSA) is 20.2 Å². The van der Waals surface area contributed by atoms with E-state index in [0.717, 1.165) is 19.3 Å². The molecule has 112 valence electrons. The Labute approximate surface area is 120 Å². The number of halogens is 2. The van der Waals surface area contributed by atoms with Gasteiger partial charge in [-0.2, -0.15) is 0 Å². The third-order valence-corrected chi connectivity index (χ3v) is 4.79. The summed E-state index contributed by atoms with van der Waals surface area (Å²) in [5.74, 6) is -0.140. The zero-order valence-electron chi connectivity index (χ0n) is 12.5. The number of benzene rings is 1. The summed E-state index contributed by atoms with van der Waals surface area (Å²) < 4.78 is 28.3. The Morgan fingerprint density at radius 2 is 1.90 bits per heavy atom. The fourth-order valence-corrected chi connectivity index (χ4v) is 3.35. The molecule has 1 aliphatic rings. The number of aliphatic hydroxyl groups is 1. The molecule has 3 heteroatoms. The minimum Gasteiger partial charge on any atom is -0.385 e. The molecule has 1 nitrogen and oxygen atoms in total. The predicted molar refractivity (Wildman–Crippen MR) is 76.4 cm³/mol. The third-order valence-electron chi connectivity index (χ3n) is 4.79. The third kappa shape index (κ3) is 2.88. The molecule has 1 aromatic rings. The van der Waals surface area contributed by atoms with Crippen molar-refractivity contribution in [3.8, 4) is 0 Å². The normalized spacial score (nSPS) is 27.6. The summed E-state index contributed by atoms with van der Waals surface area (Å²) in [5.41, 5.74) is -1.09. The summed E-state index contributed by atoms with van der Waals surface area (Å²) in [6.07, 6.45) is 3.53. The Morgan fingerprint density at radius 3 is 2.55 bits per heavy atom. The fraction of sp³-hybridized carbons (Fsp3) is 0.647. The van der Waals surface area contributed by atoms with Crippen LogP contribution in [0.15, 0.2) is 12.1 Å². The van der Waals surface area contributed by atoms with E-state index in [0.29, 0.717) is 30.2 Å². The number of aryl methyl sites for hydroxylation is 1. The SMILES string of the molecule is Cc1ccc(F)c(C2(O)CCCC(C(C)C)CC2)c1F. The molecule has 20 heavy (non-hydrogen) atoms. The van der Waals surface area contributed by atoms with Gasteiger partial charge in [0.05, 0.1) is 11.2 Å².